The molecule has 6 nitrogen and oxygen atoms in total. The van der Waals surface area contributed by atoms with E-state index in [9.17, 15) is 13.2 Å². The normalized spacial score (nSPS) is 20.4. The molecule has 2 aromatic rings. The third-order valence-electron chi connectivity index (χ3n) is 5.10. The number of sulfonamides is 1. The lowest BCUT2D eigenvalue weighted by molar-refractivity contribution is -0.0440. The highest BCUT2D eigenvalue weighted by molar-refractivity contribution is 7.89. The Kier molecular flexibility index (Phi) is 6.41. The molecule has 2 atom stereocenters. The number of anilines is 1. The van der Waals surface area contributed by atoms with E-state index in [4.69, 9.17) is 4.74 Å². The maximum atomic E-state index is 13.1. The first kappa shape index (κ1) is 21.5. The largest absolute Gasteiger partial charge is 0.373 e. The van der Waals surface area contributed by atoms with Crippen molar-refractivity contribution < 1.29 is 17.9 Å². The van der Waals surface area contributed by atoms with Gasteiger partial charge in [0.2, 0.25) is 10.0 Å². The second-order valence-corrected chi connectivity index (χ2v) is 9.46. The molecule has 1 aliphatic heterocycles. The number of hydrogen-bond acceptors (Lipinski definition) is 4. The SMILES string of the molecule is CCc1cccc(C)c1NC(=O)c1cccc(S(=O)(=O)N2C[C@@H](C)O[C@H](C)C2)c1. The van der Waals surface area contributed by atoms with E-state index < -0.39 is 10.0 Å². The number of carbonyl (C=O) groups is 1. The van der Waals surface area contributed by atoms with Crippen LogP contribution < -0.4 is 5.32 Å². The van der Waals surface area contributed by atoms with Gasteiger partial charge in [0.05, 0.1) is 17.1 Å². The molecule has 1 aliphatic rings. The lowest BCUT2D eigenvalue weighted by Gasteiger charge is -2.34. The Morgan fingerprint density at radius 1 is 1.14 bits per heavy atom. The average molecular weight is 417 g/mol. The van der Waals surface area contributed by atoms with E-state index in [2.05, 4.69) is 5.32 Å². The third-order valence-corrected chi connectivity index (χ3v) is 6.93. The van der Waals surface area contributed by atoms with Crippen molar-refractivity contribution in [1.29, 1.82) is 0 Å². The molecule has 0 unspecified atom stereocenters. The van der Waals surface area contributed by atoms with E-state index in [0.717, 1.165) is 23.2 Å². The molecule has 7 heteroatoms. The summed E-state index contributed by atoms with van der Waals surface area (Å²) in [4.78, 5) is 13.0. The quantitative estimate of drug-likeness (QED) is 0.808. The third kappa shape index (κ3) is 4.69. The zero-order valence-corrected chi connectivity index (χ0v) is 18.1. The van der Waals surface area contributed by atoms with Crippen molar-refractivity contribution in [3.8, 4) is 0 Å². The van der Waals surface area contributed by atoms with E-state index in [0.29, 0.717) is 18.7 Å². The van der Waals surface area contributed by atoms with Crippen LogP contribution in [-0.4, -0.2) is 43.9 Å². The van der Waals surface area contributed by atoms with Gasteiger partial charge in [0.1, 0.15) is 0 Å². The molecule has 0 aromatic heterocycles. The minimum absolute atomic E-state index is 0.118. The molecule has 3 rings (SSSR count). The second kappa shape index (κ2) is 8.65. The molecule has 0 saturated carbocycles. The molecule has 1 heterocycles. The predicted octanol–water partition coefficient (Wildman–Crippen LogP) is 3.61. The summed E-state index contributed by atoms with van der Waals surface area (Å²) in [5.74, 6) is -0.324. The lowest BCUT2D eigenvalue weighted by Crippen LogP contribution is -2.48. The standard InChI is InChI=1S/C22H28N2O4S/c1-5-18-9-6-8-15(2)21(18)23-22(25)19-10-7-11-20(12-19)29(26,27)24-13-16(3)28-17(4)14-24/h6-12,16-17H,5,13-14H2,1-4H3,(H,23,25)/t16-,17-/m1/s1. The number of para-hydroxylation sites is 1. The first-order valence-electron chi connectivity index (χ1n) is 9.88. The van der Waals surface area contributed by atoms with Gasteiger partial charge in [-0.2, -0.15) is 4.31 Å². The molecule has 29 heavy (non-hydrogen) atoms. The highest BCUT2D eigenvalue weighted by atomic mass is 32.2. The maximum Gasteiger partial charge on any atom is 0.255 e. The Balaban J connectivity index is 1.87. The van der Waals surface area contributed by atoms with E-state index in [1.165, 1.54) is 16.4 Å². The van der Waals surface area contributed by atoms with E-state index in [1.54, 1.807) is 12.1 Å². The van der Waals surface area contributed by atoms with Gasteiger partial charge in [0.25, 0.3) is 5.91 Å². The summed E-state index contributed by atoms with van der Waals surface area (Å²) in [6, 6.07) is 12.1. The van der Waals surface area contributed by atoms with E-state index >= 15 is 0 Å². The van der Waals surface area contributed by atoms with Gasteiger partial charge in [-0.3, -0.25) is 4.79 Å². The Bertz CT molecular complexity index is 994. The summed E-state index contributed by atoms with van der Waals surface area (Å²) < 4.78 is 33.3. The number of hydrogen-bond donors (Lipinski definition) is 1. The first-order chi connectivity index (χ1) is 13.7. The van der Waals surface area contributed by atoms with Crippen LogP contribution in [0.2, 0.25) is 0 Å². The number of morpholine rings is 1. The predicted molar refractivity (Wildman–Crippen MR) is 114 cm³/mol. The van der Waals surface area contributed by atoms with Crippen molar-refractivity contribution in [2.24, 2.45) is 0 Å². The van der Waals surface area contributed by atoms with Gasteiger partial charge >= 0.3 is 0 Å². The molecule has 2 aromatic carbocycles. The molecule has 0 aliphatic carbocycles. The van der Waals surface area contributed by atoms with Crippen LogP contribution in [0.3, 0.4) is 0 Å². The number of rotatable bonds is 5. The fourth-order valence-corrected chi connectivity index (χ4v) is 5.30. The van der Waals surface area contributed by atoms with E-state index in [1.807, 2.05) is 45.9 Å². The van der Waals surface area contributed by atoms with Gasteiger partial charge in [0.15, 0.2) is 0 Å². The van der Waals surface area contributed by atoms with Crippen LogP contribution in [0.4, 0.5) is 5.69 Å². The van der Waals surface area contributed by atoms with Crippen molar-refractivity contribution >= 4 is 21.6 Å². The van der Waals surface area contributed by atoms with Crippen LogP contribution in [0.5, 0.6) is 0 Å². The van der Waals surface area contributed by atoms with Gasteiger partial charge in [-0.15, -0.1) is 0 Å². The van der Waals surface area contributed by atoms with Crippen LogP contribution in [0.15, 0.2) is 47.4 Å². The Morgan fingerprint density at radius 3 is 2.45 bits per heavy atom. The van der Waals surface area contributed by atoms with Gasteiger partial charge in [-0.05, 0) is 56.5 Å². The van der Waals surface area contributed by atoms with Gasteiger partial charge < -0.3 is 10.1 Å². The highest BCUT2D eigenvalue weighted by Crippen LogP contribution is 2.24. The molecule has 1 saturated heterocycles. The van der Waals surface area contributed by atoms with Crippen LogP contribution in [0, 0.1) is 6.92 Å². The zero-order valence-electron chi connectivity index (χ0n) is 17.3. The summed E-state index contributed by atoms with van der Waals surface area (Å²) in [7, 11) is -3.70. The smallest absolute Gasteiger partial charge is 0.255 e. The van der Waals surface area contributed by atoms with Crippen LogP contribution in [0.25, 0.3) is 0 Å². The van der Waals surface area contributed by atoms with Crippen molar-refractivity contribution in [3.05, 3.63) is 59.2 Å². The molecule has 1 N–H and O–H groups in total. The zero-order chi connectivity index (χ0) is 21.2. The van der Waals surface area contributed by atoms with Crippen LogP contribution in [0.1, 0.15) is 42.3 Å². The number of carbonyl (C=O) groups excluding carboxylic acids is 1. The fraction of sp³-hybridized carbons (Fsp3) is 0.409. The van der Waals surface area contributed by atoms with Crippen molar-refractivity contribution in [3.63, 3.8) is 0 Å². The summed E-state index contributed by atoms with van der Waals surface area (Å²) in [5, 5.41) is 2.95. The molecular weight excluding hydrogens is 388 g/mol. The maximum absolute atomic E-state index is 13.1. The topological polar surface area (TPSA) is 75.7 Å². The molecule has 0 radical (unpaired) electrons. The minimum Gasteiger partial charge on any atom is -0.373 e. The molecule has 0 bridgehead atoms. The van der Waals surface area contributed by atoms with Gasteiger partial charge in [-0.1, -0.05) is 31.2 Å². The summed E-state index contributed by atoms with van der Waals surface area (Å²) in [5.41, 5.74) is 3.10. The van der Waals surface area contributed by atoms with Crippen LogP contribution >= 0.6 is 0 Å². The van der Waals surface area contributed by atoms with Gasteiger partial charge in [-0.25, -0.2) is 8.42 Å². The lowest BCUT2D eigenvalue weighted by atomic mass is 10.1. The van der Waals surface area contributed by atoms with Crippen molar-refractivity contribution in [2.45, 2.75) is 51.2 Å². The Morgan fingerprint density at radius 2 is 1.79 bits per heavy atom. The van der Waals surface area contributed by atoms with Crippen molar-refractivity contribution in [2.75, 3.05) is 18.4 Å². The number of ether oxygens (including phenoxy) is 1. The van der Waals surface area contributed by atoms with E-state index in [-0.39, 0.29) is 23.0 Å². The molecule has 0 spiro atoms. The number of amides is 1. The Hall–Kier alpha value is -2.22. The number of aryl methyl sites for hydroxylation is 2. The summed E-state index contributed by atoms with van der Waals surface area (Å²) in [6.45, 7) is 8.28. The van der Waals surface area contributed by atoms with Gasteiger partial charge in [0, 0.05) is 24.3 Å². The summed E-state index contributed by atoms with van der Waals surface area (Å²) in [6.07, 6.45) is 0.445. The molecule has 156 valence electrons. The number of benzene rings is 2. The minimum atomic E-state index is -3.70. The van der Waals surface area contributed by atoms with Crippen LogP contribution in [-0.2, 0) is 21.2 Å². The number of nitrogens with zero attached hydrogens (tertiary/aromatic N) is 1. The monoisotopic (exact) mass is 416 g/mol. The summed E-state index contributed by atoms with van der Waals surface area (Å²) >= 11 is 0. The Labute approximate surface area is 172 Å². The fourth-order valence-electron chi connectivity index (χ4n) is 3.66. The number of nitrogens with one attached hydrogen (secondary N) is 1. The molecule has 1 amide bonds. The molecular formula is C22H28N2O4S. The highest BCUT2D eigenvalue weighted by Gasteiger charge is 2.32. The van der Waals surface area contributed by atoms with Crippen molar-refractivity contribution in [1.82, 2.24) is 4.31 Å². The average Bonchev–Trinajstić information content (AvgIpc) is 2.68. The second-order valence-electron chi connectivity index (χ2n) is 7.52. The molecule has 1 fully saturated rings. The first-order valence-corrected chi connectivity index (χ1v) is 11.3.